The zero-order valence-electron chi connectivity index (χ0n) is 11.9. The van der Waals surface area contributed by atoms with Crippen LogP contribution in [0.3, 0.4) is 0 Å². The zero-order chi connectivity index (χ0) is 17.0. The Hall–Kier alpha value is -2.13. The Morgan fingerprint density at radius 3 is 2.65 bits per heavy atom. The SMILES string of the molecule is Cc1cc(C(F)(F)F)cc(CNSc2ccccc2[N+](=O)[O-])n1. The summed E-state index contributed by atoms with van der Waals surface area (Å²) in [5.74, 6) is 0. The maximum Gasteiger partial charge on any atom is 0.416 e. The molecule has 0 spiro atoms. The average molecular weight is 343 g/mol. The number of hydrogen-bond acceptors (Lipinski definition) is 5. The van der Waals surface area contributed by atoms with E-state index in [1.54, 1.807) is 18.2 Å². The smallest absolute Gasteiger partial charge is 0.258 e. The van der Waals surface area contributed by atoms with Crippen LogP contribution in [-0.4, -0.2) is 9.91 Å². The molecule has 0 aliphatic rings. The van der Waals surface area contributed by atoms with E-state index in [9.17, 15) is 23.3 Å². The number of hydrogen-bond donors (Lipinski definition) is 1. The van der Waals surface area contributed by atoms with Crippen LogP contribution in [0.25, 0.3) is 0 Å². The Morgan fingerprint density at radius 2 is 2.00 bits per heavy atom. The lowest BCUT2D eigenvalue weighted by Gasteiger charge is -2.10. The Labute approximate surface area is 134 Å². The van der Waals surface area contributed by atoms with Gasteiger partial charge in [0, 0.05) is 18.3 Å². The van der Waals surface area contributed by atoms with Crippen LogP contribution in [0.4, 0.5) is 18.9 Å². The molecule has 0 saturated heterocycles. The van der Waals surface area contributed by atoms with E-state index in [0.717, 1.165) is 24.1 Å². The van der Waals surface area contributed by atoms with Crippen molar-refractivity contribution in [2.45, 2.75) is 24.5 Å². The fraction of sp³-hybridized carbons (Fsp3) is 0.214. The van der Waals surface area contributed by atoms with Gasteiger partial charge in [-0.15, -0.1) is 0 Å². The van der Waals surface area contributed by atoms with Crippen molar-refractivity contribution in [3.8, 4) is 0 Å². The summed E-state index contributed by atoms with van der Waals surface area (Å²) >= 11 is 0.977. The number of alkyl halides is 3. The summed E-state index contributed by atoms with van der Waals surface area (Å²) in [4.78, 5) is 14.8. The predicted octanol–water partition coefficient (Wildman–Crippen LogP) is 4.11. The maximum absolute atomic E-state index is 12.7. The second kappa shape index (κ2) is 6.97. The molecule has 0 aliphatic heterocycles. The van der Waals surface area contributed by atoms with Crippen molar-refractivity contribution in [2.75, 3.05) is 0 Å². The van der Waals surface area contributed by atoms with Gasteiger partial charge in [0.15, 0.2) is 0 Å². The zero-order valence-corrected chi connectivity index (χ0v) is 12.7. The van der Waals surface area contributed by atoms with Crippen molar-refractivity contribution < 1.29 is 18.1 Å². The van der Waals surface area contributed by atoms with E-state index in [4.69, 9.17) is 0 Å². The van der Waals surface area contributed by atoms with Crippen LogP contribution in [-0.2, 0) is 12.7 Å². The van der Waals surface area contributed by atoms with Crippen LogP contribution in [0.5, 0.6) is 0 Å². The molecule has 0 atom stereocenters. The van der Waals surface area contributed by atoms with Gasteiger partial charge in [0.2, 0.25) is 0 Å². The minimum absolute atomic E-state index is 0.0431. The van der Waals surface area contributed by atoms with Crippen molar-refractivity contribution in [3.63, 3.8) is 0 Å². The van der Waals surface area contributed by atoms with Crippen molar-refractivity contribution in [3.05, 3.63) is 63.5 Å². The molecule has 9 heteroatoms. The monoisotopic (exact) mass is 343 g/mol. The Bertz CT molecular complexity index is 723. The molecule has 0 bridgehead atoms. The first-order chi connectivity index (χ1) is 10.8. The van der Waals surface area contributed by atoms with Crippen LogP contribution in [0.1, 0.15) is 17.0 Å². The largest absolute Gasteiger partial charge is 0.416 e. The Kier molecular flexibility index (Phi) is 5.22. The van der Waals surface area contributed by atoms with E-state index >= 15 is 0 Å². The molecule has 1 N–H and O–H groups in total. The first kappa shape index (κ1) is 17.2. The van der Waals surface area contributed by atoms with Gasteiger partial charge in [-0.05, 0) is 37.1 Å². The molecule has 2 rings (SSSR count). The van der Waals surface area contributed by atoms with Crippen molar-refractivity contribution in [1.82, 2.24) is 9.71 Å². The van der Waals surface area contributed by atoms with Gasteiger partial charge in [0.1, 0.15) is 4.90 Å². The first-order valence-corrected chi connectivity index (χ1v) is 7.27. The summed E-state index contributed by atoms with van der Waals surface area (Å²) in [6.45, 7) is 1.52. The molecule has 0 amide bonds. The van der Waals surface area contributed by atoms with Crippen LogP contribution in [0, 0.1) is 17.0 Å². The molecule has 1 aromatic carbocycles. The van der Waals surface area contributed by atoms with E-state index in [-0.39, 0.29) is 23.6 Å². The van der Waals surface area contributed by atoms with E-state index in [1.807, 2.05) is 0 Å². The Balaban J connectivity index is 2.08. The molecule has 1 heterocycles. The first-order valence-electron chi connectivity index (χ1n) is 6.45. The number of nitro benzene ring substituents is 1. The quantitative estimate of drug-likeness (QED) is 0.503. The van der Waals surface area contributed by atoms with Gasteiger partial charge in [-0.2, -0.15) is 13.2 Å². The lowest BCUT2D eigenvalue weighted by molar-refractivity contribution is -0.387. The fourth-order valence-electron chi connectivity index (χ4n) is 1.87. The molecule has 0 unspecified atom stereocenters. The minimum atomic E-state index is -4.44. The van der Waals surface area contributed by atoms with Gasteiger partial charge in [-0.25, -0.2) is 0 Å². The third kappa shape index (κ3) is 4.67. The highest BCUT2D eigenvalue weighted by atomic mass is 32.2. The molecule has 1 aromatic heterocycles. The van der Waals surface area contributed by atoms with Crippen LogP contribution < -0.4 is 4.72 Å². The molecular formula is C14H12F3N3O2S. The number of aromatic nitrogens is 1. The summed E-state index contributed by atoms with van der Waals surface area (Å²) in [5, 5.41) is 10.9. The number of benzene rings is 1. The number of pyridine rings is 1. The van der Waals surface area contributed by atoms with Gasteiger partial charge in [-0.3, -0.25) is 19.8 Å². The Morgan fingerprint density at radius 1 is 1.30 bits per heavy atom. The number of nitrogens with one attached hydrogen (secondary N) is 1. The highest BCUT2D eigenvalue weighted by molar-refractivity contribution is 7.97. The molecule has 5 nitrogen and oxygen atoms in total. The van der Waals surface area contributed by atoms with E-state index in [1.165, 1.54) is 13.0 Å². The molecule has 0 aliphatic carbocycles. The summed E-state index contributed by atoms with van der Waals surface area (Å²) in [6.07, 6.45) is -4.44. The number of para-hydroxylation sites is 1. The van der Waals surface area contributed by atoms with Crippen molar-refractivity contribution >= 4 is 17.6 Å². The standard InChI is InChI=1S/C14H12F3N3O2S/c1-9-6-10(14(15,16)17)7-11(19-9)8-18-23-13-5-3-2-4-12(13)20(21)22/h2-7,18H,8H2,1H3. The third-order valence-electron chi connectivity index (χ3n) is 2.83. The van der Waals surface area contributed by atoms with E-state index in [2.05, 4.69) is 9.71 Å². The van der Waals surface area contributed by atoms with Crippen LogP contribution in [0.2, 0.25) is 0 Å². The third-order valence-corrected chi connectivity index (χ3v) is 3.68. The predicted molar refractivity (Wildman–Crippen MR) is 79.8 cm³/mol. The van der Waals surface area contributed by atoms with Gasteiger partial charge >= 0.3 is 6.18 Å². The van der Waals surface area contributed by atoms with Gasteiger partial charge < -0.3 is 0 Å². The van der Waals surface area contributed by atoms with Crippen molar-refractivity contribution in [1.29, 1.82) is 0 Å². The maximum atomic E-state index is 12.7. The fourth-order valence-corrected chi connectivity index (χ4v) is 2.64. The molecular weight excluding hydrogens is 331 g/mol. The summed E-state index contributed by atoms with van der Waals surface area (Å²) in [7, 11) is 0. The van der Waals surface area contributed by atoms with E-state index in [0.29, 0.717) is 4.90 Å². The normalized spacial score (nSPS) is 11.5. The number of halogens is 3. The lowest BCUT2D eigenvalue weighted by atomic mass is 10.2. The molecule has 0 fully saturated rings. The number of nitrogens with zero attached hydrogens (tertiary/aromatic N) is 2. The van der Waals surface area contributed by atoms with Crippen molar-refractivity contribution in [2.24, 2.45) is 0 Å². The van der Waals surface area contributed by atoms with Gasteiger partial charge in [-0.1, -0.05) is 12.1 Å². The summed E-state index contributed by atoms with van der Waals surface area (Å²) in [5.41, 5.74) is -0.369. The van der Waals surface area contributed by atoms with Crippen LogP contribution in [0.15, 0.2) is 41.3 Å². The minimum Gasteiger partial charge on any atom is -0.258 e. The number of nitro groups is 1. The lowest BCUT2D eigenvalue weighted by Crippen LogP contribution is -2.11. The summed E-state index contributed by atoms with van der Waals surface area (Å²) < 4.78 is 41.0. The van der Waals surface area contributed by atoms with E-state index < -0.39 is 16.7 Å². The van der Waals surface area contributed by atoms with Gasteiger partial charge in [0.05, 0.1) is 16.2 Å². The molecule has 0 radical (unpaired) electrons. The number of aryl methyl sites for hydroxylation is 1. The molecule has 122 valence electrons. The number of rotatable bonds is 5. The topological polar surface area (TPSA) is 68.1 Å². The highest BCUT2D eigenvalue weighted by Gasteiger charge is 2.31. The second-order valence-corrected chi connectivity index (χ2v) is 5.57. The molecule has 23 heavy (non-hydrogen) atoms. The average Bonchev–Trinajstić information content (AvgIpc) is 2.46. The molecule has 0 saturated carbocycles. The van der Waals surface area contributed by atoms with Crippen LogP contribution >= 0.6 is 11.9 Å². The summed E-state index contributed by atoms with van der Waals surface area (Å²) in [6, 6.07) is 8.03. The second-order valence-electron chi connectivity index (χ2n) is 4.63. The molecule has 2 aromatic rings. The highest BCUT2D eigenvalue weighted by Crippen LogP contribution is 2.30. The van der Waals surface area contributed by atoms with Gasteiger partial charge in [0.25, 0.3) is 5.69 Å².